The number of amides is 1. The van der Waals surface area contributed by atoms with Gasteiger partial charge >= 0.3 is 5.97 Å². The molecule has 2 aromatic heterocycles. The van der Waals surface area contributed by atoms with Crippen LogP contribution < -0.4 is 9.62 Å². The average Bonchev–Trinajstić information content (AvgIpc) is 3.37. The fraction of sp³-hybridized carbons (Fsp3) is 0.111. The summed E-state index contributed by atoms with van der Waals surface area (Å²) < 4.78 is 31.8. The van der Waals surface area contributed by atoms with Crippen LogP contribution in [0.4, 0.5) is 5.69 Å². The molecule has 10 heteroatoms. The first-order valence-corrected chi connectivity index (χ1v) is 10.3. The van der Waals surface area contributed by atoms with Gasteiger partial charge in [0.15, 0.2) is 0 Å². The smallest absolute Gasteiger partial charge is 0.336 e. The second-order valence-electron chi connectivity index (χ2n) is 5.71. The molecule has 0 bridgehead atoms. The summed E-state index contributed by atoms with van der Waals surface area (Å²) in [5.74, 6) is -1.11. The first-order chi connectivity index (χ1) is 13.3. The normalized spacial score (nSPS) is 11.2. The minimum absolute atomic E-state index is 0.110. The number of para-hydroxylation sites is 1. The van der Waals surface area contributed by atoms with E-state index < -0.39 is 21.9 Å². The number of nitrogens with zero attached hydrogens (tertiary/aromatic N) is 1. The molecule has 3 aromatic rings. The third-order valence-electron chi connectivity index (χ3n) is 3.93. The van der Waals surface area contributed by atoms with Crippen molar-refractivity contribution in [1.29, 1.82) is 0 Å². The van der Waals surface area contributed by atoms with Crippen molar-refractivity contribution < 1.29 is 27.5 Å². The summed E-state index contributed by atoms with van der Waals surface area (Å²) >= 11 is 0.807. The van der Waals surface area contributed by atoms with Crippen LogP contribution in [-0.2, 0) is 16.6 Å². The molecule has 8 nitrogen and oxygen atoms in total. The van der Waals surface area contributed by atoms with E-state index in [1.54, 1.807) is 24.3 Å². The summed E-state index contributed by atoms with van der Waals surface area (Å²) in [6.07, 6.45) is 1.49. The van der Waals surface area contributed by atoms with Crippen LogP contribution in [0.1, 0.15) is 26.5 Å². The van der Waals surface area contributed by atoms with E-state index in [0.717, 1.165) is 21.7 Å². The number of nitrogens with one attached hydrogen (secondary N) is 1. The topological polar surface area (TPSA) is 117 Å². The SMILES string of the molecule is CN(c1ccccc1C(=O)NCc1ccco1)S(=O)(=O)c1cc(C(=O)O)cs1. The molecule has 0 spiro atoms. The highest BCUT2D eigenvalue weighted by atomic mass is 32.2. The Balaban J connectivity index is 1.88. The second kappa shape index (κ2) is 7.87. The Labute approximate surface area is 165 Å². The quantitative estimate of drug-likeness (QED) is 0.607. The second-order valence-corrected chi connectivity index (χ2v) is 8.82. The number of thiophene rings is 1. The van der Waals surface area contributed by atoms with Gasteiger partial charge in [-0.05, 0) is 30.3 Å². The number of aromatic carboxylic acids is 1. The molecule has 3 rings (SSSR count). The van der Waals surface area contributed by atoms with E-state index in [2.05, 4.69) is 5.32 Å². The summed E-state index contributed by atoms with van der Waals surface area (Å²) in [6.45, 7) is 0.156. The Morgan fingerprint density at radius 2 is 1.96 bits per heavy atom. The predicted octanol–water partition coefficient (Wildman–Crippen LogP) is 2.79. The van der Waals surface area contributed by atoms with Crippen molar-refractivity contribution in [2.45, 2.75) is 10.8 Å². The molecule has 1 amide bonds. The monoisotopic (exact) mass is 420 g/mol. The number of carboxylic acids is 1. The fourth-order valence-corrected chi connectivity index (χ4v) is 4.98. The molecule has 0 aliphatic heterocycles. The van der Waals surface area contributed by atoms with E-state index in [1.807, 2.05) is 0 Å². The number of hydrogen-bond acceptors (Lipinski definition) is 6. The zero-order valence-electron chi connectivity index (χ0n) is 14.7. The van der Waals surface area contributed by atoms with Crippen LogP contribution in [0.2, 0.25) is 0 Å². The molecule has 0 radical (unpaired) electrons. The highest BCUT2D eigenvalue weighted by Gasteiger charge is 2.27. The van der Waals surface area contributed by atoms with Crippen LogP contribution in [0.5, 0.6) is 0 Å². The van der Waals surface area contributed by atoms with E-state index in [4.69, 9.17) is 9.52 Å². The number of benzene rings is 1. The van der Waals surface area contributed by atoms with E-state index in [1.165, 1.54) is 30.8 Å². The van der Waals surface area contributed by atoms with Gasteiger partial charge < -0.3 is 14.8 Å². The Bertz CT molecular complexity index is 1100. The Morgan fingerprint density at radius 3 is 2.61 bits per heavy atom. The van der Waals surface area contributed by atoms with Crippen LogP contribution in [-0.4, -0.2) is 32.4 Å². The number of carbonyl (C=O) groups is 2. The van der Waals surface area contributed by atoms with Gasteiger partial charge in [0.1, 0.15) is 9.97 Å². The molecular formula is C18H16N2O6S2. The van der Waals surface area contributed by atoms with Crippen LogP contribution in [0.25, 0.3) is 0 Å². The van der Waals surface area contributed by atoms with Crippen molar-refractivity contribution in [2.24, 2.45) is 0 Å². The molecule has 0 saturated heterocycles. The van der Waals surface area contributed by atoms with Crippen LogP contribution >= 0.6 is 11.3 Å². The van der Waals surface area contributed by atoms with E-state index in [0.29, 0.717) is 5.76 Å². The van der Waals surface area contributed by atoms with Crippen LogP contribution in [0.3, 0.4) is 0 Å². The first-order valence-electron chi connectivity index (χ1n) is 8.01. The average molecular weight is 420 g/mol. The van der Waals surface area contributed by atoms with Crippen molar-refractivity contribution in [3.05, 3.63) is 71.0 Å². The Kier molecular flexibility index (Phi) is 5.52. The summed E-state index contributed by atoms with van der Waals surface area (Å²) in [4.78, 5) is 23.6. The lowest BCUT2D eigenvalue weighted by Crippen LogP contribution is -2.30. The third kappa shape index (κ3) is 3.92. The molecule has 0 unspecified atom stereocenters. The summed E-state index contributed by atoms with van der Waals surface area (Å²) in [5, 5.41) is 12.9. The van der Waals surface area contributed by atoms with Crippen molar-refractivity contribution in [3.63, 3.8) is 0 Å². The molecule has 0 saturated carbocycles. The van der Waals surface area contributed by atoms with Gasteiger partial charge in [0, 0.05) is 12.4 Å². The zero-order chi connectivity index (χ0) is 20.3. The van der Waals surface area contributed by atoms with Gasteiger partial charge in [-0.3, -0.25) is 9.10 Å². The summed E-state index contributed by atoms with van der Waals surface area (Å²) in [7, 11) is -2.72. The number of carboxylic acid groups (broad SMARTS) is 1. The Hall–Kier alpha value is -3.11. The highest BCUT2D eigenvalue weighted by molar-refractivity contribution is 7.94. The lowest BCUT2D eigenvalue weighted by molar-refractivity contribution is 0.0697. The molecule has 146 valence electrons. The summed E-state index contributed by atoms with van der Waals surface area (Å²) in [5.41, 5.74) is 0.223. The van der Waals surface area contributed by atoms with Crippen LogP contribution in [0, 0.1) is 0 Å². The van der Waals surface area contributed by atoms with Gasteiger partial charge in [0.25, 0.3) is 15.9 Å². The minimum atomic E-state index is -4.03. The number of anilines is 1. The van der Waals surface area contributed by atoms with Gasteiger partial charge in [-0.25, -0.2) is 13.2 Å². The maximum Gasteiger partial charge on any atom is 0.336 e. The van der Waals surface area contributed by atoms with E-state index in [9.17, 15) is 18.0 Å². The molecule has 0 fully saturated rings. The number of rotatable bonds is 7. The molecule has 2 heterocycles. The van der Waals surface area contributed by atoms with Crippen molar-refractivity contribution >= 4 is 38.9 Å². The fourth-order valence-electron chi connectivity index (χ4n) is 2.44. The molecule has 28 heavy (non-hydrogen) atoms. The van der Waals surface area contributed by atoms with Gasteiger partial charge in [-0.2, -0.15) is 0 Å². The highest BCUT2D eigenvalue weighted by Crippen LogP contribution is 2.29. The number of carbonyl (C=O) groups excluding carboxylic acids is 1. The zero-order valence-corrected chi connectivity index (χ0v) is 16.3. The molecule has 0 aliphatic rings. The third-order valence-corrected chi connectivity index (χ3v) is 7.11. The van der Waals surface area contributed by atoms with Gasteiger partial charge in [-0.1, -0.05) is 12.1 Å². The molecule has 0 aliphatic carbocycles. The minimum Gasteiger partial charge on any atom is -0.478 e. The van der Waals surface area contributed by atoms with Crippen molar-refractivity contribution in [1.82, 2.24) is 5.32 Å². The number of sulfonamides is 1. The summed E-state index contributed by atoms with van der Waals surface area (Å²) in [6, 6.07) is 10.8. The van der Waals surface area contributed by atoms with Crippen molar-refractivity contribution in [2.75, 3.05) is 11.4 Å². The molecule has 2 N–H and O–H groups in total. The van der Waals surface area contributed by atoms with E-state index >= 15 is 0 Å². The standard InChI is InChI=1S/C18H16N2O6S2/c1-20(28(24,25)16-9-12(11-27-16)18(22)23)15-7-3-2-6-14(15)17(21)19-10-13-5-4-8-26-13/h2-9,11H,10H2,1H3,(H,19,21)(H,22,23). The van der Waals surface area contributed by atoms with Gasteiger partial charge in [0.05, 0.1) is 29.6 Å². The lowest BCUT2D eigenvalue weighted by atomic mass is 10.1. The predicted molar refractivity (Wildman–Crippen MR) is 103 cm³/mol. The van der Waals surface area contributed by atoms with Gasteiger partial charge in [0.2, 0.25) is 0 Å². The molecule has 1 aromatic carbocycles. The largest absolute Gasteiger partial charge is 0.478 e. The molecular weight excluding hydrogens is 404 g/mol. The Morgan fingerprint density at radius 1 is 1.21 bits per heavy atom. The first kappa shape index (κ1) is 19.6. The van der Waals surface area contributed by atoms with Crippen molar-refractivity contribution in [3.8, 4) is 0 Å². The number of hydrogen-bond donors (Lipinski definition) is 2. The number of furan rings is 1. The molecule has 0 atom stereocenters. The maximum absolute atomic E-state index is 12.9. The van der Waals surface area contributed by atoms with Crippen LogP contribution in [0.15, 0.2) is 62.7 Å². The maximum atomic E-state index is 12.9. The lowest BCUT2D eigenvalue weighted by Gasteiger charge is -2.21. The van der Waals surface area contributed by atoms with E-state index in [-0.39, 0.29) is 27.6 Å². The van der Waals surface area contributed by atoms with Gasteiger partial charge in [-0.15, -0.1) is 11.3 Å².